The maximum absolute atomic E-state index is 13.4. The molecule has 0 heterocycles. The molecule has 0 radical (unpaired) electrons. The molecular weight excluding hydrogens is 356 g/mol. The van der Waals surface area contributed by atoms with Crippen LogP contribution in [0.15, 0.2) is 0 Å². The van der Waals surface area contributed by atoms with E-state index in [2.05, 4.69) is 34.6 Å². The van der Waals surface area contributed by atoms with E-state index in [0.29, 0.717) is 46.7 Å². The second-order valence-electron chi connectivity index (χ2n) is 12.6. The maximum atomic E-state index is 13.4. The second-order valence-corrected chi connectivity index (χ2v) is 12.6. The van der Waals surface area contributed by atoms with Crippen LogP contribution in [0.4, 0.5) is 0 Å². The van der Waals surface area contributed by atoms with Gasteiger partial charge < -0.3 is 5.11 Å². The summed E-state index contributed by atoms with van der Waals surface area (Å²) in [6, 6.07) is 0. The molecule has 4 fully saturated rings. The molecule has 0 aromatic rings. The minimum atomic E-state index is -0.0809. The van der Waals surface area contributed by atoms with Crippen molar-refractivity contribution in [2.75, 3.05) is 0 Å². The van der Waals surface area contributed by atoms with E-state index in [4.69, 9.17) is 0 Å². The van der Waals surface area contributed by atoms with Crippen molar-refractivity contribution in [2.24, 2.45) is 52.3 Å². The van der Waals surface area contributed by atoms with Crippen molar-refractivity contribution in [1.29, 1.82) is 0 Å². The van der Waals surface area contributed by atoms with Crippen molar-refractivity contribution in [3.05, 3.63) is 0 Å². The average Bonchev–Trinajstić information content (AvgIpc) is 2.93. The number of Topliss-reactive ketones (excluding diaryl/α,β-unsaturated/α-hetero) is 1. The van der Waals surface area contributed by atoms with Gasteiger partial charge in [0.05, 0.1) is 6.10 Å². The van der Waals surface area contributed by atoms with Gasteiger partial charge in [0.1, 0.15) is 5.78 Å². The van der Waals surface area contributed by atoms with Gasteiger partial charge in [0.25, 0.3) is 0 Å². The zero-order valence-electron chi connectivity index (χ0n) is 19.8. The highest BCUT2D eigenvalue weighted by molar-refractivity contribution is 5.85. The van der Waals surface area contributed by atoms with Crippen molar-refractivity contribution in [1.82, 2.24) is 0 Å². The third-order valence-corrected chi connectivity index (χ3v) is 10.6. The van der Waals surface area contributed by atoms with Gasteiger partial charge in [-0.25, -0.2) is 0 Å². The molecule has 0 aliphatic heterocycles. The number of hydrogen-bond acceptors (Lipinski definition) is 2. The molecule has 166 valence electrons. The lowest BCUT2D eigenvalue weighted by atomic mass is 9.44. The molecule has 0 aromatic carbocycles. The Morgan fingerprint density at radius 3 is 2.45 bits per heavy atom. The lowest BCUT2D eigenvalue weighted by Crippen LogP contribution is -2.55. The lowest BCUT2D eigenvalue weighted by Gasteiger charge is -2.60. The van der Waals surface area contributed by atoms with Gasteiger partial charge in [0.2, 0.25) is 0 Å². The minimum absolute atomic E-state index is 0.0809. The van der Waals surface area contributed by atoms with Crippen LogP contribution < -0.4 is 0 Å². The maximum Gasteiger partial charge on any atom is 0.137 e. The zero-order valence-corrected chi connectivity index (χ0v) is 19.8. The van der Waals surface area contributed by atoms with Crippen molar-refractivity contribution in [3.8, 4) is 0 Å². The van der Waals surface area contributed by atoms with Gasteiger partial charge >= 0.3 is 0 Å². The van der Waals surface area contributed by atoms with Crippen LogP contribution in [0.5, 0.6) is 0 Å². The number of rotatable bonds is 5. The number of aliphatic hydroxyl groups is 1. The molecule has 1 unspecified atom stereocenters. The molecule has 29 heavy (non-hydrogen) atoms. The molecule has 4 rings (SSSR count). The van der Waals surface area contributed by atoms with Gasteiger partial charge in [-0.3, -0.25) is 4.79 Å². The largest absolute Gasteiger partial charge is 0.393 e. The molecular formula is C27H46O2. The van der Waals surface area contributed by atoms with Gasteiger partial charge in [-0.1, -0.05) is 53.9 Å². The van der Waals surface area contributed by atoms with Crippen molar-refractivity contribution >= 4 is 5.78 Å². The Morgan fingerprint density at radius 2 is 1.72 bits per heavy atom. The van der Waals surface area contributed by atoms with E-state index in [1.807, 2.05) is 0 Å². The van der Waals surface area contributed by atoms with Crippen molar-refractivity contribution < 1.29 is 9.90 Å². The Labute approximate surface area is 179 Å². The topological polar surface area (TPSA) is 37.3 Å². The molecule has 4 aliphatic rings. The number of carbonyl (C=O) groups is 1. The monoisotopic (exact) mass is 402 g/mol. The molecule has 0 saturated heterocycles. The molecule has 0 aromatic heterocycles. The van der Waals surface area contributed by atoms with Crippen LogP contribution >= 0.6 is 0 Å². The van der Waals surface area contributed by atoms with E-state index in [-0.39, 0.29) is 11.5 Å². The number of fused-ring (bicyclic) bond motifs is 5. The van der Waals surface area contributed by atoms with E-state index in [1.54, 1.807) is 0 Å². The second kappa shape index (κ2) is 7.95. The van der Waals surface area contributed by atoms with Crippen LogP contribution in [-0.4, -0.2) is 17.0 Å². The third-order valence-electron chi connectivity index (χ3n) is 10.6. The summed E-state index contributed by atoms with van der Waals surface area (Å²) >= 11 is 0. The van der Waals surface area contributed by atoms with Gasteiger partial charge in [-0.05, 0) is 91.3 Å². The Morgan fingerprint density at radius 1 is 1.00 bits per heavy atom. The summed E-state index contributed by atoms with van der Waals surface area (Å²) in [5.41, 5.74) is 0.609. The molecule has 1 N–H and O–H groups in total. The van der Waals surface area contributed by atoms with E-state index < -0.39 is 0 Å². The van der Waals surface area contributed by atoms with Gasteiger partial charge in [-0.15, -0.1) is 0 Å². The fourth-order valence-corrected chi connectivity index (χ4v) is 8.97. The number of aliphatic hydroxyl groups excluding tert-OH is 1. The molecule has 0 bridgehead atoms. The average molecular weight is 403 g/mol. The van der Waals surface area contributed by atoms with Crippen molar-refractivity contribution in [3.63, 3.8) is 0 Å². The Bertz CT molecular complexity index is 612. The number of hydrogen-bond donors (Lipinski definition) is 1. The highest BCUT2D eigenvalue weighted by Gasteiger charge is 2.63. The summed E-state index contributed by atoms with van der Waals surface area (Å²) in [4.78, 5) is 13.4. The molecule has 0 amide bonds. The predicted molar refractivity (Wildman–Crippen MR) is 119 cm³/mol. The first-order valence-electron chi connectivity index (χ1n) is 12.9. The van der Waals surface area contributed by atoms with Crippen LogP contribution in [0.1, 0.15) is 105 Å². The number of ketones is 1. The fourth-order valence-electron chi connectivity index (χ4n) is 8.97. The van der Waals surface area contributed by atoms with Gasteiger partial charge in [0.15, 0.2) is 0 Å². The van der Waals surface area contributed by atoms with Crippen molar-refractivity contribution in [2.45, 2.75) is 111 Å². The highest BCUT2D eigenvalue weighted by Crippen LogP contribution is 2.67. The molecule has 9 atom stereocenters. The standard InChI is InChI=1S/C27H46O2/c1-17(2)7-6-8-18(3)23-16-24(29)25-21-10-9-19-15-20(28)11-13-26(19,4)22(21)12-14-27(23,25)5/h17-23,25,28H,6-16H2,1-5H3/t18-,19+,20?,21-,22+,23-,25-,26+,27-/m1/s1. The smallest absolute Gasteiger partial charge is 0.137 e. The Kier molecular flexibility index (Phi) is 5.99. The molecule has 2 nitrogen and oxygen atoms in total. The Hall–Kier alpha value is -0.370. The normalized spacial score (nSPS) is 48.2. The van der Waals surface area contributed by atoms with Crippen LogP contribution in [0, 0.1) is 52.3 Å². The minimum Gasteiger partial charge on any atom is -0.393 e. The zero-order chi connectivity index (χ0) is 21.0. The summed E-state index contributed by atoms with van der Waals surface area (Å²) < 4.78 is 0. The summed E-state index contributed by atoms with van der Waals surface area (Å²) in [7, 11) is 0. The van der Waals surface area contributed by atoms with Crippen LogP contribution in [0.25, 0.3) is 0 Å². The quantitative estimate of drug-likeness (QED) is 0.559. The molecule has 0 spiro atoms. The SMILES string of the molecule is CC(C)CCC[C@@H](C)[C@H]1CC(=O)[C@H]2[C@@H]3CC[C@H]4CC(O)CC[C@]4(C)[C@H]3CC[C@]12C. The van der Waals surface area contributed by atoms with E-state index in [9.17, 15) is 9.90 Å². The first kappa shape index (κ1) is 21.8. The highest BCUT2D eigenvalue weighted by atomic mass is 16.3. The van der Waals surface area contributed by atoms with Gasteiger partial charge in [-0.2, -0.15) is 0 Å². The third kappa shape index (κ3) is 3.64. The first-order chi connectivity index (χ1) is 13.7. The van der Waals surface area contributed by atoms with E-state index >= 15 is 0 Å². The summed E-state index contributed by atoms with van der Waals surface area (Å²) in [5.74, 6) is 5.02. The first-order valence-corrected chi connectivity index (χ1v) is 12.9. The predicted octanol–water partition coefficient (Wildman–Crippen LogP) is 6.65. The summed E-state index contributed by atoms with van der Waals surface area (Å²) in [5, 5.41) is 10.2. The fraction of sp³-hybridized carbons (Fsp3) is 0.963. The molecule has 4 saturated carbocycles. The van der Waals surface area contributed by atoms with Crippen LogP contribution in [0.2, 0.25) is 0 Å². The summed E-state index contributed by atoms with van der Waals surface area (Å²) in [6.07, 6.45) is 12.9. The summed E-state index contributed by atoms with van der Waals surface area (Å²) in [6.45, 7) is 12.1. The van der Waals surface area contributed by atoms with Gasteiger partial charge in [0, 0.05) is 12.3 Å². The number of carbonyl (C=O) groups excluding carboxylic acids is 1. The van der Waals surface area contributed by atoms with Crippen LogP contribution in [0.3, 0.4) is 0 Å². The van der Waals surface area contributed by atoms with Crippen LogP contribution in [-0.2, 0) is 4.79 Å². The Balaban J connectivity index is 1.51. The van der Waals surface area contributed by atoms with E-state index in [0.717, 1.165) is 25.2 Å². The molecule has 2 heteroatoms. The lowest BCUT2D eigenvalue weighted by molar-refractivity contribution is -0.146. The van der Waals surface area contributed by atoms with E-state index in [1.165, 1.54) is 51.4 Å². The molecule has 4 aliphatic carbocycles.